The molecule has 0 atom stereocenters. The quantitative estimate of drug-likeness (QED) is 0.363. The fourth-order valence-electron chi connectivity index (χ4n) is 0.718. The van der Waals surface area contributed by atoms with Crippen LogP contribution in [-0.2, 0) is 4.74 Å². The third-order valence-electron chi connectivity index (χ3n) is 1.26. The normalized spacial score (nSPS) is 10.8. The predicted molar refractivity (Wildman–Crippen MR) is 51.9 cm³/mol. The van der Waals surface area contributed by atoms with Gasteiger partial charge in [0.25, 0.3) is 0 Å². The molecule has 0 bridgehead atoms. The largest absolute Gasteiger partial charge is 0.358 e. The second-order valence-corrected chi connectivity index (χ2v) is 3.60. The Bertz CT molecular complexity index is 66.6. The van der Waals surface area contributed by atoms with Gasteiger partial charge in [-0.3, -0.25) is 0 Å². The maximum absolute atomic E-state index is 5.12. The lowest BCUT2D eigenvalue weighted by atomic mass is 10.2. The molecule has 0 aliphatic carbocycles. The molecule has 0 aromatic carbocycles. The molecule has 10 heavy (non-hydrogen) atoms. The van der Waals surface area contributed by atoms with Gasteiger partial charge < -0.3 is 4.74 Å². The van der Waals surface area contributed by atoms with E-state index in [1.807, 2.05) is 0 Å². The van der Waals surface area contributed by atoms with Crippen molar-refractivity contribution >= 4 is 25.3 Å². The molecule has 0 fully saturated rings. The van der Waals surface area contributed by atoms with Crippen LogP contribution in [-0.4, -0.2) is 11.4 Å². The fraction of sp³-hybridized carbons (Fsp3) is 1.00. The minimum atomic E-state index is -0.207. The first kappa shape index (κ1) is 10.7. The maximum Gasteiger partial charge on any atom is 0.144 e. The molecule has 0 spiro atoms. The van der Waals surface area contributed by atoms with Crippen LogP contribution in [0.1, 0.15) is 32.6 Å². The van der Waals surface area contributed by atoms with Gasteiger partial charge in [-0.05, 0) is 6.42 Å². The van der Waals surface area contributed by atoms with Gasteiger partial charge in [0.05, 0.1) is 0 Å². The van der Waals surface area contributed by atoms with Crippen molar-refractivity contribution in [1.29, 1.82) is 0 Å². The van der Waals surface area contributed by atoms with Crippen LogP contribution in [0.4, 0.5) is 0 Å². The van der Waals surface area contributed by atoms with Crippen molar-refractivity contribution in [2.75, 3.05) is 6.61 Å². The van der Waals surface area contributed by atoms with Crippen LogP contribution in [0.25, 0.3) is 0 Å². The molecule has 1 nitrogen and oxygen atoms in total. The zero-order chi connectivity index (χ0) is 7.82. The number of ether oxygens (including phenoxy) is 1. The Balaban J connectivity index is 2.77. The summed E-state index contributed by atoms with van der Waals surface area (Å²) in [5, 5.41) is 0. The van der Waals surface area contributed by atoms with Crippen molar-refractivity contribution in [1.82, 2.24) is 0 Å². The van der Waals surface area contributed by atoms with Crippen LogP contribution in [0.15, 0.2) is 0 Å². The van der Waals surface area contributed by atoms with E-state index >= 15 is 0 Å². The Morgan fingerprint density at radius 1 is 1.20 bits per heavy atom. The molecule has 0 aliphatic rings. The monoisotopic (exact) mass is 180 g/mol. The number of hydrogen-bond acceptors (Lipinski definition) is 3. The third kappa shape index (κ3) is 8.66. The molecule has 3 heteroatoms. The average molecular weight is 180 g/mol. The van der Waals surface area contributed by atoms with Crippen LogP contribution in [0.5, 0.6) is 0 Å². The fourth-order valence-corrected chi connectivity index (χ4v) is 0.928. The summed E-state index contributed by atoms with van der Waals surface area (Å²) in [4.78, 5) is 0. The van der Waals surface area contributed by atoms with E-state index in [0.29, 0.717) is 0 Å². The van der Waals surface area contributed by atoms with E-state index < -0.39 is 0 Å². The summed E-state index contributed by atoms with van der Waals surface area (Å²) in [6, 6.07) is 0. The highest BCUT2D eigenvalue weighted by Crippen LogP contribution is 2.04. The summed E-state index contributed by atoms with van der Waals surface area (Å²) in [6.07, 6.45) is 4.95. The van der Waals surface area contributed by atoms with Crippen LogP contribution in [0, 0.1) is 0 Å². The topological polar surface area (TPSA) is 9.23 Å². The Morgan fingerprint density at radius 3 is 2.40 bits per heavy atom. The van der Waals surface area contributed by atoms with Crippen molar-refractivity contribution in [3.63, 3.8) is 0 Å². The van der Waals surface area contributed by atoms with E-state index in [4.69, 9.17) is 4.74 Å². The zero-order valence-corrected chi connectivity index (χ0v) is 8.20. The first-order valence-corrected chi connectivity index (χ1v) is 4.78. The number of thiol groups is 2. The highest BCUT2D eigenvalue weighted by Gasteiger charge is 1.92. The van der Waals surface area contributed by atoms with Crippen LogP contribution >= 0.6 is 25.3 Å². The van der Waals surface area contributed by atoms with E-state index in [0.717, 1.165) is 13.0 Å². The lowest BCUT2D eigenvalue weighted by Gasteiger charge is -2.04. The van der Waals surface area contributed by atoms with E-state index in [9.17, 15) is 0 Å². The number of hydrogen-bond donors (Lipinski definition) is 2. The third-order valence-corrected chi connectivity index (χ3v) is 1.56. The Hall–Kier alpha value is 0.660. The summed E-state index contributed by atoms with van der Waals surface area (Å²) in [6.45, 7) is 2.98. The Morgan fingerprint density at radius 2 is 1.90 bits per heavy atom. The van der Waals surface area contributed by atoms with Crippen LogP contribution in [0.2, 0.25) is 0 Å². The number of rotatable bonds is 6. The molecular formula is C7H16OS2. The van der Waals surface area contributed by atoms with Gasteiger partial charge in [-0.15, -0.1) is 25.3 Å². The second-order valence-electron chi connectivity index (χ2n) is 2.26. The molecule has 0 aliphatic heterocycles. The van der Waals surface area contributed by atoms with Gasteiger partial charge in [0.15, 0.2) is 0 Å². The van der Waals surface area contributed by atoms with Crippen molar-refractivity contribution in [2.24, 2.45) is 0 Å². The van der Waals surface area contributed by atoms with Gasteiger partial charge in [-0.1, -0.05) is 26.2 Å². The zero-order valence-electron chi connectivity index (χ0n) is 6.42. The highest BCUT2D eigenvalue weighted by atomic mass is 32.2. The smallest absolute Gasteiger partial charge is 0.144 e. The van der Waals surface area contributed by atoms with E-state index in [2.05, 4.69) is 32.2 Å². The molecule has 0 saturated carbocycles. The SMILES string of the molecule is CCCCCCOC(S)S. The molecule has 0 aromatic heterocycles. The number of unbranched alkanes of at least 4 members (excludes halogenated alkanes) is 3. The Labute approximate surface area is 74.4 Å². The van der Waals surface area contributed by atoms with E-state index in [1.54, 1.807) is 0 Å². The minimum Gasteiger partial charge on any atom is -0.358 e. The van der Waals surface area contributed by atoms with E-state index in [-0.39, 0.29) is 4.77 Å². The summed E-state index contributed by atoms with van der Waals surface area (Å²) >= 11 is 7.93. The van der Waals surface area contributed by atoms with Gasteiger partial charge in [0.1, 0.15) is 4.77 Å². The molecule has 0 heterocycles. The molecular weight excluding hydrogens is 164 g/mol. The van der Waals surface area contributed by atoms with Crippen molar-refractivity contribution in [3.05, 3.63) is 0 Å². The van der Waals surface area contributed by atoms with Crippen molar-refractivity contribution in [3.8, 4) is 0 Å². The second kappa shape index (κ2) is 7.76. The molecule has 0 saturated heterocycles. The lowest BCUT2D eigenvalue weighted by molar-refractivity contribution is 0.160. The first-order chi connectivity index (χ1) is 4.77. The van der Waals surface area contributed by atoms with Gasteiger partial charge >= 0.3 is 0 Å². The lowest BCUT2D eigenvalue weighted by Crippen LogP contribution is -1.98. The van der Waals surface area contributed by atoms with Gasteiger partial charge in [-0.25, -0.2) is 0 Å². The summed E-state index contributed by atoms with van der Waals surface area (Å²) in [5.74, 6) is 0. The van der Waals surface area contributed by atoms with Gasteiger partial charge in [0.2, 0.25) is 0 Å². The minimum absolute atomic E-state index is 0.207. The highest BCUT2D eigenvalue weighted by molar-refractivity contribution is 7.98. The summed E-state index contributed by atoms with van der Waals surface area (Å²) < 4.78 is 4.91. The molecule has 0 N–H and O–H groups in total. The average Bonchev–Trinajstić information content (AvgIpc) is 1.87. The molecule has 0 radical (unpaired) electrons. The van der Waals surface area contributed by atoms with Crippen LogP contribution in [0.3, 0.4) is 0 Å². The Kier molecular flexibility index (Phi) is 8.28. The van der Waals surface area contributed by atoms with Crippen molar-refractivity contribution < 1.29 is 4.74 Å². The first-order valence-electron chi connectivity index (χ1n) is 3.75. The van der Waals surface area contributed by atoms with Gasteiger partial charge in [-0.2, -0.15) is 0 Å². The molecule has 0 amide bonds. The predicted octanol–water partition coefficient (Wildman–Crippen LogP) is 2.73. The molecule has 0 aromatic rings. The summed E-state index contributed by atoms with van der Waals surface area (Å²) in [7, 11) is 0. The van der Waals surface area contributed by atoms with E-state index in [1.165, 1.54) is 19.3 Å². The summed E-state index contributed by atoms with van der Waals surface area (Å²) in [5.41, 5.74) is 0. The standard InChI is InChI=1S/C7H16OS2/c1-2-3-4-5-6-8-7(9)10/h7,9-10H,2-6H2,1H3. The van der Waals surface area contributed by atoms with Gasteiger partial charge in [0, 0.05) is 6.61 Å². The molecule has 0 rings (SSSR count). The van der Waals surface area contributed by atoms with Crippen LogP contribution < -0.4 is 0 Å². The maximum atomic E-state index is 5.12. The van der Waals surface area contributed by atoms with Crippen molar-refractivity contribution in [2.45, 2.75) is 37.4 Å². The molecule has 0 unspecified atom stereocenters. The molecule has 62 valence electrons.